The average Bonchev–Trinajstić information content (AvgIpc) is 2.97. The van der Waals surface area contributed by atoms with Crippen LogP contribution in [-0.2, 0) is 11.2 Å². The van der Waals surface area contributed by atoms with Crippen LogP contribution in [0.1, 0.15) is 45.1 Å². The Kier molecular flexibility index (Phi) is 5.80. The van der Waals surface area contributed by atoms with Crippen molar-refractivity contribution >= 4 is 5.91 Å². The molecule has 0 spiro atoms. The summed E-state index contributed by atoms with van der Waals surface area (Å²) < 4.78 is 0. The number of rotatable bonds is 7. The second-order valence-corrected chi connectivity index (χ2v) is 6.82. The lowest BCUT2D eigenvalue weighted by atomic mass is 9.94. The molecule has 0 aromatic heterocycles. The number of aryl methyl sites for hydroxylation is 1. The van der Waals surface area contributed by atoms with Gasteiger partial charge in [0, 0.05) is 12.0 Å². The van der Waals surface area contributed by atoms with Gasteiger partial charge in [-0.05, 0) is 64.1 Å². The van der Waals surface area contributed by atoms with Crippen molar-refractivity contribution in [1.82, 2.24) is 10.6 Å². The summed E-state index contributed by atoms with van der Waals surface area (Å²) in [5, 5.41) is 6.54. The molecule has 2 N–H and O–H groups in total. The van der Waals surface area contributed by atoms with E-state index in [1.54, 1.807) is 0 Å². The summed E-state index contributed by atoms with van der Waals surface area (Å²) in [7, 11) is 0. The summed E-state index contributed by atoms with van der Waals surface area (Å²) in [5.41, 5.74) is 1.19. The number of carbonyl (C=O) groups excluding carboxylic acids is 1. The van der Waals surface area contributed by atoms with Gasteiger partial charge in [0.15, 0.2) is 0 Å². The lowest BCUT2D eigenvalue weighted by molar-refractivity contribution is -0.123. The lowest BCUT2D eigenvalue weighted by Gasteiger charge is -2.26. The third kappa shape index (κ3) is 5.88. The van der Waals surface area contributed by atoms with Crippen LogP contribution in [0.25, 0.3) is 0 Å². The van der Waals surface area contributed by atoms with Gasteiger partial charge in [0.1, 0.15) is 0 Å². The SMILES string of the molecule is CC(C)(CCc1ccccc1)NC(=O)CCC1CCNC1. The molecular formula is C18H28N2O. The Morgan fingerprint density at radius 1 is 1.33 bits per heavy atom. The van der Waals surface area contributed by atoms with Crippen LogP contribution in [0.3, 0.4) is 0 Å². The number of hydrogen-bond acceptors (Lipinski definition) is 2. The van der Waals surface area contributed by atoms with E-state index in [4.69, 9.17) is 0 Å². The van der Waals surface area contributed by atoms with Gasteiger partial charge in [0.2, 0.25) is 5.91 Å². The van der Waals surface area contributed by atoms with Crippen LogP contribution in [-0.4, -0.2) is 24.5 Å². The topological polar surface area (TPSA) is 41.1 Å². The molecule has 0 bridgehead atoms. The molecule has 2 rings (SSSR count). The molecule has 1 saturated heterocycles. The fourth-order valence-electron chi connectivity index (χ4n) is 2.90. The van der Waals surface area contributed by atoms with E-state index in [1.165, 1.54) is 12.0 Å². The first-order valence-corrected chi connectivity index (χ1v) is 8.11. The summed E-state index contributed by atoms with van der Waals surface area (Å²) in [6.45, 7) is 6.41. The molecule has 21 heavy (non-hydrogen) atoms. The summed E-state index contributed by atoms with van der Waals surface area (Å²) in [5.74, 6) is 0.878. The maximum Gasteiger partial charge on any atom is 0.220 e. The Labute approximate surface area is 128 Å². The zero-order chi connectivity index (χ0) is 15.1. The summed E-state index contributed by atoms with van der Waals surface area (Å²) in [6.07, 6.45) is 4.84. The first-order chi connectivity index (χ1) is 10.1. The van der Waals surface area contributed by atoms with E-state index < -0.39 is 0 Å². The van der Waals surface area contributed by atoms with Crippen molar-refractivity contribution in [2.45, 2.75) is 51.5 Å². The maximum atomic E-state index is 12.1. The third-order valence-corrected chi connectivity index (χ3v) is 4.30. The monoisotopic (exact) mass is 288 g/mol. The fourth-order valence-corrected chi connectivity index (χ4v) is 2.90. The van der Waals surface area contributed by atoms with Crippen molar-refractivity contribution in [3.05, 3.63) is 35.9 Å². The molecule has 0 aliphatic carbocycles. The molecule has 1 amide bonds. The first-order valence-electron chi connectivity index (χ1n) is 8.11. The van der Waals surface area contributed by atoms with E-state index in [0.717, 1.165) is 32.4 Å². The van der Waals surface area contributed by atoms with Gasteiger partial charge in [0.25, 0.3) is 0 Å². The Morgan fingerprint density at radius 3 is 2.76 bits per heavy atom. The molecule has 3 nitrogen and oxygen atoms in total. The van der Waals surface area contributed by atoms with Gasteiger partial charge in [0.05, 0.1) is 0 Å². The van der Waals surface area contributed by atoms with Crippen molar-refractivity contribution in [2.75, 3.05) is 13.1 Å². The largest absolute Gasteiger partial charge is 0.351 e. The molecular weight excluding hydrogens is 260 g/mol. The minimum Gasteiger partial charge on any atom is -0.351 e. The zero-order valence-electron chi connectivity index (χ0n) is 13.3. The number of amides is 1. The van der Waals surface area contributed by atoms with Gasteiger partial charge >= 0.3 is 0 Å². The van der Waals surface area contributed by atoms with E-state index in [2.05, 4.69) is 48.7 Å². The van der Waals surface area contributed by atoms with E-state index >= 15 is 0 Å². The minimum absolute atomic E-state index is 0.138. The molecule has 1 aromatic carbocycles. The quantitative estimate of drug-likeness (QED) is 0.810. The van der Waals surface area contributed by atoms with Gasteiger partial charge in [-0.2, -0.15) is 0 Å². The molecule has 3 heteroatoms. The normalized spacial score (nSPS) is 18.7. The van der Waals surface area contributed by atoms with Gasteiger partial charge in [-0.25, -0.2) is 0 Å². The predicted octanol–water partition coefficient (Wildman–Crippen LogP) is 2.90. The van der Waals surface area contributed by atoms with Crippen LogP contribution in [0.4, 0.5) is 0 Å². The Bertz CT molecular complexity index is 436. The predicted molar refractivity (Wildman–Crippen MR) is 87.2 cm³/mol. The van der Waals surface area contributed by atoms with Gasteiger partial charge in [-0.15, -0.1) is 0 Å². The van der Waals surface area contributed by atoms with Crippen molar-refractivity contribution in [2.24, 2.45) is 5.92 Å². The fraction of sp³-hybridized carbons (Fsp3) is 0.611. The molecule has 1 unspecified atom stereocenters. The molecule has 1 atom stereocenters. The Balaban J connectivity index is 1.70. The molecule has 0 saturated carbocycles. The minimum atomic E-state index is -0.138. The summed E-state index contributed by atoms with van der Waals surface area (Å²) in [4.78, 5) is 12.1. The molecule has 1 aromatic rings. The van der Waals surface area contributed by atoms with Gasteiger partial charge in [-0.1, -0.05) is 30.3 Å². The molecule has 1 heterocycles. The zero-order valence-corrected chi connectivity index (χ0v) is 13.3. The van der Waals surface area contributed by atoms with E-state index in [0.29, 0.717) is 12.3 Å². The van der Waals surface area contributed by atoms with Crippen LogP contribution in [0.2, 0.25) is 0 Å². The molecule has 1 aliphatic heterocycles. The highest BCUT2D eigenvalue weighted by Gasteiger charge is 2.21. The third-order valence-electron chi connectivity index (χ3n) is 4.30. The Morgan fingerprint density at radius 2 is 2.10 bits per heavy atom. The lowest BCUT2D eigenvalue weighted by Crippen LogP contribution is -2.43. The Hall–Kier alpha value is -1.35. The highest BCUT2D eigenvalue weighted by molar-refractivity contribution is 5.76. The van der Waals surface area contributed by atoms with E-state index in [9.17, 15) is 4.79 Å². The highest BCUT2D eigenvalue weighted by atomic mass is 16.1. The van der Waals surface area contributed by atoms with Gasteiger partial charge < -0.3 is 10.6 Å². The smallest absolute Gasteiger partial charge is 0.220 e. The van der Waals surface area contributed by atoms with E-state index in [1.807, 2.05) is 6.07 Å². The number of nitrogens with one attached hydrogen (secondary N) is 2. The molecule has 1 fully saturated rings. The van der Waals surface area contributed by atoms with Crippen molar-refractivity contribution in [1.29, 1.82) is 0 Å². The summed E-state index contributed by atoms with van der Waals surface area (Å²) in [6, 6.07) is 10.5. The molecule has 0 radical (unpaired) electrons. The number of benzene rings is 1. The van der Waals surface area contributed by atoms with Crippen LogP contribution in [0.5, 0.6) is 0 Å². The van der Waals surface area contributed by atoms with Gasteiger partial charge in [-0.3, -0.25) is 4.79 Å². The van der Waals surface area contributed by atoms with Crippen LogP contribution < -0.4 is 10.6 Å². The standard InChI is InChI=1S/C18H28N2O/c1-18(2,12-10-15-6-4-3-5-7-15)20-17(21)9-8-16-11-13-19-14-16/h3-7,16,19H,8-14H2,1-2H3,(H,20,21). The van der Waals surface area contributed by atoms with Crippen LogP contribution in [0.15, 0.2) is 30.3 Å². The van der Waals surface area contributed by atoms with Crippen LogP contribution >= 0.6 is 0 Å². The van der Waals surface area contributed by atoms with Crippen molar-refractivity contribution < 1.29 is 4.79 Å². The number of hydrogen-bond donors (Lipinski definition) is 2. The van der Waals surface area contributed by atoms with Crippen LogP contribution in [0, 0.1) is 5.92 Å². The van der Waals surface area contributed by atoms with Crippen molar-refractivity contribution in [3.63, 3.8) is 0 Å². The number of carbonyl (C=O) groups is 1. The molecule has 1 aliphatic rings. The first kappa shape index (κ1) is 16.0. The molecule has 116 valence electrons. The maximum absolute atomic E-state index is 12.1. The second kappa shape index (κ2) is 7.60. The van der Waals surface area contributed by atoms with Crippen molar-refractivity contribution in [3.8, 4) is 0 Å². The highest BCUT2D eigenvalue weighted by Crippen LogP contribution is 2.17. The van der Waals surface area contributed by atoms with E-state index in [-0.39, 0.29) is 11.4 Å². The summed E-state index contributed by atoms with van der Waals surface area (Å²) >= 11 is 0. The average molecular weight is 288 g/mol. The second-order valence-electron chi connectivity index (χ2n) is 6.82.